The van der Waals surface area contributed by atoms with E-state index in [0.717, 1.165) is 25.3 Å². The minimum absolute atomic E-state index is 0.282. The minimum atomic E-state index is -0.925. The van der Waals surface area contributed by atoms with Crippen LogP contribution in [0.4, 0.5) is 5.69 Å². The van der Waals surface area contributed by atoms with Crippen molar-refractivity contribution >= 4 is 11.7 Å². The highest BCUT2D eigenvalue weighted by molar-refractivity contribution is 5.95. The lowest BCUT2D eigenvalue weighted by molar-refractivity contribution is 0.0696. The highest BCUT2D eigenvalue weighted by Crippen LogP contribution is 2.20. The molecule has 20 heavy (non-hydrogen) atoms. The SMILES string of the molecule is Cc1cc(NCC(C)N2CCCC2)c(C(=O)O)c(C)n1. The third-order valence-corrected chi connectivity index (χ3v) is 3.89. The average Bonchev–Trinajstić information content (AvgIpc) is 2.88. The van der Waals surface area contributed by atoms with Gasteiger partial charge in [-0.2, -0.15) is 0 Å². The van der Waals surface area contributed by atoms with Crippen LogP contribution in [0.15, 0.2) is 6.07 Å². The van der Waals surface area contributed by atoms with Crippen molar-refractivity contribution in [3.63, 3.8) is 0 Å². The van der Waals surface area contributed by atoms with Crippen LogP contribution < -0.4 is 5.32 Å². The predicted octanol–water partition coefficient (Wildman–Crippen LogP) is 2.29. The van der Waals surface area contributed by atoms with Crippen LogP contribution in [0, 0.1) is 13.8 Å². The second-order valence-corrected chi connectivity index (χ2v) is 5.55. The van der Waals surface area contributed by atoms with E-state index >= 15 is 0 Å². The van der Waals surface area contributed by atoms with Gasteiger partial charge in [-0.3, -0.25) is 9.88 Å². The Morgan fingerprint density at radius 3 is 2.70 bits per heavy atom. The molecule has 0 aliphatic carbocycles. The van der Waals surface area contributed by atoms with Gasteiger partial charge in [-0.05, 0) is 52.8 Å². The van der Waals surface area contributed by atoms with E-state index in [-0.39, 0.29) is 5.56 Å². The smallest absolute Gasteiger partial charge is 0.339 e. The summed E-state index contributed by atoms with van der Waals surface area (Å²) in [7, 11) is 0. The van der Waals surface area contributed by atoms with Crippen molar-refractivity contribution in [1.82, 2.24) is 9.88 Å². The van der Waals surface area contributed by atoms with Crippen molar-refractivity contribution in [2.45, 2.75) is 39.7 Å². The number of nitrogens with zero attached hydrogens (tertiary/aromatic N) is 2. The normalized spacial score (nSPS) is 17.1. The molecular formula is C15H23N3O2. The quantitative estimate of drug-likeness (QED) is 0.864. The molecule has 1 unspecified atom stereocenters. The molecule has 110 valence electrons. The standard InChI is InChI=1S/C15H23N3O2/c1-10-8-13(14(15(19)20)12(3)17-10)16-9-11(2)18-6-4-5-7-18/h8,11H,4-7,9H2,1-3H3,(H,16,17)(H,19,20). The summed E-state index contributed by atoms with van der Waals surface area (Å²) >= 11 is 0. The number of nitrogens with one attached hydrogen (secondary N) is 1. The first kappa shape index (κ1) is 14.8. The maximum atomic E-state index is 11.4. The molecule has 0 amide bonds. The topological polar surface area (TPSA) is 65.5 Å². The van der Waals surface area contributed by atoms with E-state index in [1.165, 1.54) is 12.8 Å². The highest BCUT2D eigenvalue weighted by Gasteiger charge is 2.19. The first-order valence-electron chi connectivity index (χ1n) is 7.18. The molecule has 5 heteroatoms. The van der Waals surface area contributed by atoms with Gasteiger partial charge in [-0.15, -0.1) is 0 Å². The predicted molar refractivity (Wildman–Crippen MR) is 79.4 cm³/mol. The fourth-order valence-corrected chi connectivity index (χ4v) is 2.81. The summed E-state index contributed by atoms with van der Waals surface area (Å²) in [6, 6.07) is 2.22. The van der Waals surface area contributed by atoms with Gasteiger partial charge in [0.1, 0.15) is 5.56 Å². The zero-order chi connectivity index (χ0) is 14.7. The van der Waals surface area contributed by atoms with E-state index in [4.69, 9.17) is 0 Å². The number of likely N-dealkylation sites (tertiary alicyclic amines) is 1. The number of pyridine rings is 1. The number of carboxylic acids is 1. The number of anilines is 1. The van der Waals surface area contributed by atoms with Crippen LogP contribution in [0.25, 0.3) is 0 Å². The van der Waals surface area contributed by atoms with Crippen molar-refractivity contribution in [1.29, 1.82) is 0 Å². The number of aromatic nitrogens is 1. The van der Waals surface area contributed by atoms with Gasteiger partial charge in [0.25, 0.3) is 0 Å². The lowest BCUT2D eigenvalue weighted by Gasteiger charge is -2.25. The van der Waals surface area contributed by atoms with Crippen molar-refractivity contribution in [2.24, 2.45) is 0 Å². The summed E-state index contributed by atoms with van der Waals surface area (Å²) in [4.78, 5) is 18.0. The molecule has 0 bridgehead atoms. The number of rotatable bonds is 5. The lowest BCUT2D eigenvalue weighted by Crippen LogP contribution is -2.35. The first-order valence-corrected chi connectivity index (χ1v) is 7.18. The number of aromatic carboxylic acids is 1. The van der Waals surface area contributed by atoms with Crippen LogP contribution in [-0.4, -0.2) is 46.6 Å². The van der Waals surface area contributed by atoms with Crippen LogP contribution in [0.3, 0.4) is 0 Å². The summed E-state index contributed by atoms with van der Waals surface area (Å²) in [5.74, 6) is -0.925. The van der Waals surface area contributed by atoms with Gasteiger partial charge >= 0.3 is 5.97 Å². The zero-order valence-electron chi connectivity index (χ0n) is 12.4. The number of hydrogen-bond donors (Lipinski definition) is 2. The van der Waals surface area contributed by atoms with Crippen LogP contribution in [0.1, 0.15) is 41.5 Å². The molecule has 1 aromatic heterocycles. The Bertz CT molecular complexity index is 496. The average molecular weight is 277 g/mol. The molecule has 0 saturated carbocycles. The number of carbonyl (C=O) groups is 1. The van der Waals surface area contributed by atoms with Crippen molar-refractivity contribution < 1.29 is 9.90 Å². The lowest BCUT2D eigenvalue weighted by atomic mass is 10.1. The van der Waals surface area contributed by atoms with E-state index < -0.39 is 5.97 Å². The molecule has 1 aliphatic rings. The summed E-state index contributed by atoms with van der Waals surface area (Å²) in [6.07, 6.45) is 2.52. The minimum Gasteiger partial charge on any atom is -0.478 e. The molecule has 1 saturated heterocycles. The first-order chi connectivity index (χ1) is 9.49. The molecule has 2 heterocycles. The van der Waals surface area contributed by atoms with Crippen LogP contribution in [-0.2, 0) is 0 Å². The van der Waals surface area contributed by atoms with E-state index in [1.807, 2.05) is 13.0 Å². The Balaban J connectivity index is 2.10. The van der Waals surface area contributed by atoms with Crippen molar-refractivity contribution in [3.8, 4) is 0 Å². The fraction of sp³-hybridized carbons (Fsp3) is 0.600. The second-order valence-electron chi connectivity index (χ2n) is 5.55. The van der Waals surface area contributed by atoms with Crippen LogP contribution in [0.2, 0.25) is 0 Å². The molecule has 1 aromatic rings. The van der Waals surface area contributed by atoms with Crippen LogP contribution in [0.5, 0.6) is 0 Å². The molecule has 1 fully saturated rings. The Morgan fingerprint density at radius 2 is 2.10 bits per heavy atom. The fourth-order valence-electron chi connectivity index (χ4n) is 2.81. The third kappa shape index (κ3) is 3.28. The summed E-state index contributed by atoms with van der Waals surface area (Å²) < 4.78 is 0. The van der Waals surface area contributed by atoms with Crippen molar-refractivity contribution in [2.75, 3.05) is 25.0 Å². The molecule has 5 nitrogen and oxygen atoms in total. The second kappa shape index (κ2) is 6.22. The van der Waals surface area contributed by atoms with Crippen LogP contribution >= 0.6 is 0 Å². The van der Waals surface area contributed by atoms with Gasteiger partial charge in [0.15, 0.2) is 0 Å². The molecule has 2 N–H and O–H groups in total. The summed E-state index contributed by atoms with van der Waals surface area (Å²) in [5, 5.41) is 12.6. The Morgan fingerprint density at radius 1 is 1.45 bits per heavy atom. The largest absolute Gasteiger partial charge is 0.478 e. The highest BCUT2D eigenvalue weighted by atomic mass is 16.4. The van der Waals surface area contributed by atoms with Gasteiger partial charge in [0, 0.05) is 18.3 Å². The molecule has 0 aromatic carbocycles. The van der Waals surface area contributed by atoms with Gasteiger partial charge in [0.05, 0.1) is 11.4 Å². The Hall–Kier alpha value is -1.62. The van der Waals surface area contributed by atoms with Crippen molar-refractivity contribution in [3.05, 3.63) is 23.0 Å². The number of aryl methyl sites for hydroxylation is 2. The molecule has 0 radical (unpaired) electrons. The molecule has 0 spiro atoms. The summed E-state index contributed by atoms with van der Waals surface area (Å²) in [6.45, 7) is 8.84. The van der Waals surface area contributed by atoms with E-state index in [1.54, 1.807) is 6.92 Å². The van der Waals surface area contributed by atoms with Gasteiger partial charge in [0.2, 0.25) is 0 Å². The van der Waals surface area contributed by atoms with E-state index in [9.17, 15) is 9.90 Å². The number of hydrogen-bond acceptors (Lipinski definition) is 4. The maximum Gasteiger partial charge on any atom is 0.339 e. The zero-order valence-corrected chi connectivity index (χ0v) is 12.4. The Labute approximate surface area is 120 Å². The molecule has 1 aliphatic heterocycles. The number of carboxylic acid groups (broad SMARTS) is 1. The summed E-state index contributed by atoms with van der Waals surface area (Å²) in [5.41, 5.74) is 2.36. The van der Waals surface area contributed by atoms with Gasteiger partial charge in [-0.1, -0.05) is 0 Å². The third-order valence-electron chi connectivity index (χ3n) is 3.89. The van der Waals surface area contributed by atoms with Gasteiger partial charge < -0.3 is 10.4 Å². The molecular weight excluding hydrogens is 254 g/mol. The monoisotopic (exact) mass is 277 g/mol. The molecule has 1 atom stereocenters. The Kier molecular flexibility index (Phi) is 4.60. The van der Waals surface area contributed by atoms with E-state index in [2.05, 4.69) is 22.1 Å². The molecule has 2 rings (SSSR count). The maximum absolute atomic E-state index is 11.4. The van der Waals surface area contributed by atoms with Gasteiger partial charge in [-0.25, -0.2) is 4.79 Å². The van der Waals surface area contributed by atoms with E-state index in [0.29, 0.717) is 17.4 Å².